The number of sulfonamides is 1. The van der Waals surface area contributed by atoms with Crippen molar-refractivity contribution in [1.82, 2.24) is 4.31 Å². The van der Waals surface area contributed by atoms with E-state index in [4.69, 9.17) is 15.2 Å². The number of hydrogen-bond acceptors (Lipinski definition) is 5. The van der Waals surface area contributed by atoms with E-state index in [-0.39, 0.29) is 23.3 Å². The molecule has 0 radical (unpaired) electrons. The van der Waals surface area contributed by atoms with E-state index in [0.29, 0.717) is 32.1 Å². The van der Waals surface area contributed by atoms with Crippen molar-refractivity contribution in [2.75, 3.05) is 33.4 Å². The Bertz CT molecular complexity index is 550. The molecule has 1 aromatic carbocycles. The van der Waals surface area contributed by atoms with Gasteiger partial charge in [-0.05, 0) is 37.1 Å². The molecule has 22 heavy (non-hydrogen) atoms. The summed E-state index contributed by atoms with van der Waals surface area (Å²) in [5.41, 5.74) is 5.85. The predicted octanol–water partition coefficient (Wildman–Crippen LogP) is 1.25. The van der Waals surface area contributed by atoms with Crippen LogP contribution in [-0.4, -0.2) is 52.2 Å². The Morgan fingerprint density at radius 1 is 1.27 bits per heavy atom. The highest BCUT2D eigenvalue weighted by molar-refractivity contribution is 7.89. The summed E-state index contributed by atoms with van der Waals surface area (Å²) >= 11 is 0. The third kappa shape index (κ3) is 4.82. The van der Waals surface area contributed by atoms with Crippen LogP contribution < -0.4 is 10.5 Å². The van der Waals surface area contributed by atoms with Crippen molar-refractivity contribution >= 4 is 22.4 Å². The van der Waals surface area contributed by atoms with Crippen LogP contribution in [0.4, 0.5) is 0 Å². The number of hydrogen-bond donors (Lipinski definition) is 1. The molecule has 1 aromatic rings. The average molecular weight is 351 g/mol. The number of rotatable bonds is 6. The zero-order valence-electron chi connectivity index (χ0n) is 12.6. The van der Waals surface area contributed by atoms with Crippen LogP contribution in [0, 0.1) is 0 Å². The molecular formula is C14H23ClN2O4S. The summed E-state index contributed by atoms with van der Waals surface area (Å²) in [4.78, 5) is 0.274. The van der Waals surface area contributed by atoms with Gasteiger partial charge in [0.15, 0.2) is 0 Å². The van der Waals surface area contributed by atoms with Gasteiger partial charge in [-0.2, -0.15) is 4.31 Å². The number of piperidine rings is 1. The lowest BCUT2D eigenvalue weighted by atomic mass is 10.1. The topological polar surface area (TPSA) is 81.9 Å². The minimum atomic E-state index is -3.46. The molecule has 2 N–H and O–H groups in total. The Morgan fingerprint density at radius 3 is 2.55 bits per heavy atom. The lowest BCUT2D eigenvalue weighted by molar-refractivity contribution is 0.146. The highest BCUT2D eigenvalue weighted by Crippen LogP contribution is 2.22. The summed E-state index contributed by atoms with van der Waals surface area (Å²) in [5, 5.41) is 0. The van der Waals surface area contributed by atoms with E-state index in [0.717, 1.165) is 12.8 Å². The first-order valence-electron chi connectivity index (χ1n) is 7.01. The largest absolute Gasteiger partial charge is 0.491 e. The van der Waals surface area contributed by atoms with Gasteiger partial charge in [0.25, 0.3) is 0 Å². The molecule has 1 aliphatic heterocycles. The highest BCUT2D eigenvalue weighted by atomic mass is 35.5. The van der Waals surface area contributed by atoms with E-state index in [1.165, 1.54) is 4.31 Å². The van der Waals surface area contributed by atoms with Crippen molar-refractivity contribution in [3.05, 3.63) is 24.3 Å². The van der Waals surface area contributed by atoms with Crippen LogP contribution in [0.1, 0.15) is 12.8 Å². The monoisotopic (exact) mass is 350 g/mol. The van der Waals surface area contributed by atoms with Gasteiger partial charge < -0.3 is 15.2 Å². The zero-order valence-corrected chi connectivity index (χ0v) is 14.2. The first-order chi connectivity index (χ1) is 10.0. The van der Waals surface area contributed by atoms with E-state index >= 15 is 0 Å². The van der Waals surface area contributed by atoms with E-state index in [9.17, 15) is 8.42 Å². The first kappa shape index (κ1) is 19.2. The minimum absolute atomic E-state index is 0. The second-order valence-corrected chi connectivity index (χ2v) is 7.02. The van der Waals surface area contributed by atoms with Crippen LogP contribution in [0.3, 0.4) is 0 Å². The minimum Gasteiger partial charge on any atom is -0.491 e. The number of ether oxygens (including phenoxy) is 2. The number of methoxy groups -OCH3 is 1. The fraction of sp³-hybridized carbons (Fsp3) is 0.571. The molecule has 0 bridgehead atoms. The van der Waals surface area contributed by atoms with Crippen LogP contribution in [0.5, 0.6) is 5.75 Å². The Labute approximate surface area is 138 Å². The lowest BCUT2D eigenvalue weighted by Gasteiger charge is -2.29. The summed E-state index contributed by atoms with van der Waals surface area (Å²) in [6.07, 6.45) is 1.68. The van der Waals surface area contributed by atoms with Gasteiger partial charge in [0.05, 0.1) is 11.5 Å². The summed E-state index contributed by atoms with van der Waals surface area (Å²) in [5.74, 6) is 0.626. The van der Waals surface area contributed by atoms with Gasteiger partial charge in [-0.15, -0.1) is 12.4 Å². The first-order valence-corrected chi connectivity index (χ1v) is 8.45. The molecule has 8 heteroatoms. The normalized spacial score (nSPS) is 19.5. The molecule has 1 fully saturated rings. The second-order valence-electron chi connectivity index (χ2n) is 5.08. The Morgan fingerprint density at radius 2 is 1.95 bits per heavy atom. The van der Waals surface area contributed by atoms with Gasteiger partial charge in [0.2, 0.25) is 10.0 Å². The van der Waals surface area contributed by atoms with Gasteiger partial charge in [0, 0.05) is 26.2 Å². The van der Waals surface area contributed by atoms with E-state index < -0.39 is 10.0 Å². The standard InChI is InChI=1S/C14H22N2O4S.ClH/c1-19-9-10-20-13-4-6-14(7-5-13)21(17,18)16-8-2-3-12(15)11-16;/h4-7,12H,2-3,8-11,15H2,1H3;1H/t12-;/m1./s1. The maximum atomic E-state index is 12.5. The molecule has 0 amide bonds. The molecule has 1 aliphatic rings. The number of nitrogens with zero attached hydrogens (tertiary/aromatic N) is 1. The van der Waals surface area contributed by atoms with Crippen LogP contribution in [0.25, 0.3) is 0 Å². The van der Waals surface area contributed by atoms with Gasteiger partial charge in [-0.25, -0.2) is 8.42 Å². The molecule has 2 rings (SSSR count). The Kier molecular flexibility index (Phi) is 7.58. The van der Waals surface area contributed by atoms with Gasteiger partial charge in [-0.1, -0.05) is 0 Å². The molecule has 6 nitrogen and oxygen atoms in total. The van der Waals surface area contributed by atoms with Gasteiger partial charge in [0.1, 0.15) is 12.4 Å². The second kappa shape index (κ2) is 8.69. The molecule has 1 saturated heterocycles. The van der Waals surface area contributed by atoms with Crippen molar-refractivity contribution in [2.45, 2.75) is 23.8 Å². The summed E-state index contributed by atoms with van der Waals surface area (Å²) < 4.78 is 36.8. The predicted molar refractivity (Wildman–Crippen MR) is 87.0 cm³/mol. The highest BCUT2D eigenvalue weighted by Gasteiger charge is 2.28. The Balaban J connectivity index is 0.00000242. The van der Waals surface area contributed by atoms with Crippen molar-refractivity contribution in [2.24, 2.45) is 5.73 Å². The third-order valence-electron chi connectivity index (χ3n) is 3.44. The van der Waals surface area contributed by atoms with Crippen molar-refractivity contribution in [3.63, 3.8) is 0 Å². The quantitative estimate of drug-likeness (QED) is 0.781. The molecule has 1 atom stereocenters. The molecule has 0 aromatic heterocycles. The van der Waals surface area contributed by atoms with Crippen LogP contribution in [-0.2, 0) is 14.8 Å². The van der Waals surface area contributed by atoms with Crippen molar-refractivity contribution < 1.29 is 17.9 Å². The molecule has 1 heterocycles. The molecule has 0 unspecified atom stereocenters. The molecule has 0 spiro atoms. The van der Waals surface area contributed by atoms with E-state index in [1.54, 1.807) is 31.4 Å². The molecule has 0 saturated carbocycles. The molecule has 126 valence electrons. The summed E-state index contributed by atoms with van der Waals surface area (Å²) in [7, 11) is -1.86. The van der Waals surface area contributed by atoms with Crippen LogP contribution in [0.15, 0.2) is 29.2 Å². The van der Waals surface area contributed by atoms with E-state index in [1.807, 2.05) is 0 Å². The maximum absolute atomic E-state index is 12.5. The van der Waals surface area contributed by atoms with Gasteiger partial charge >= 0.3 is 0 Å². The van der Waals surface area contributed by atoms with Crippen LogP contribution >= 0.6 is 12.4 Å². The van der Waals surface area contributed by atoms with E-state index in [2.05, 4.69) is 0 Å². The average Bonchev–Trinajstić information content (AvgIpc) is 2.48. The number of nitrogens with two attached hydrogens (primary N) is 1. The summed E-state index contributed by atoms with van der Waals surface area (Å²) in [6.45, 7) is 1.84. The summed E-state index contributed by atoms with van der Waals surface area (Å²) in [6, 6.07) is 6.37. The number of halogens is 1. The third-order valence-corrected chi connectivity index (χ3v) is 5.32. The maximum Gasteiger partial charge on any atom is 0.243 e. The van der Waals surface area contributed by atoms with Crippen molar-refractivity contribution in [1.29, 1.82) is 0 Å². The number of benzene rings is 1. The Hall–Kier alpha value is -0.860. The van der Waals surface area contributed by atoms with Gasteiger partial charge in [-0.3, -0.25) is 0 Å². The SMILES string of the molecule is COCCOc1ccc(S(=O)(=O)N2CCC[C@@H](N)C2)cc1.Cl. The zero-order chi connectivity index (χ0) is 15.3. The molecular weight excluding hydrogens is 328 g/mol. The molecule has 0 aliphatic carbocycles. The lowest BCUT2D eigenvalue weighted by Crippen LogP contribution is -2.45. The van der Waals surface area contributed by atoms with Crippen LogP contribution in [0.2, 0.25) is 0 Å². The smallest absolute Gasteiger partial charge is 0.243 e. The fourth-order valence-corrected chi connectivity index (χ4v) is 3.83. The fourth-order valence-electron chi connectivity index (χ4n) is 2.29. The van der Waals surface area contributed by atoms with Crippen molar-refractivity contribution in [3.8, 4) is 5.75 Å².